The minimum absolute atomic E-state index is 0.183. The topological polar surface area (TPSA) is 72.6 Å². The van der Waals surface area contributed by atoms with E-state index in [2.05, 4.69) is 0 Å². The molecule has 1 aliphatic heterocycles. The first-order chi connectivity index (χ1) is 5.69. The summed E-state index contributed by atoms with van der Waals surface area (Å²) in [6.07, 6.45) is 2.39. The highest BCUT2D eigenvalue weighted by Crippen LogP contribution is 2.21. The molecule has 0 aromatic carbocycles. The second-order valence-electron chi connectivity index (χ2n) is 2.79. The second-order valence-corrected chi connectivity index (χ2v) is 2.79. The molecule has 0 spiro atoms. The Morgan fingerprint density at radius 3 is 2.92 bits per heavy atom. The monoisotopic (exact) mass is 171 g/mol. The van der Waals surface area contributed by atoms with Gasteiger partial charge >= 0.3 is 5.97 Å². The van der Waals surface area contributed by atoms with Crippen LogP contribution in [0, 0.1) is 5.92 Å². The summed E-state index contributed by atoms with van der Waals surface area (Å²) < 4.78 is 4.85. The number of cyclic esters (lactones) is 1. The molecule has 1 aliphatic rings. The number of nitrogens with two attached hydrogens (primary N) is 1. The van der Waals surface area contributed by atoms with Gasteiger partial charge in [-0.25, -0.2) is 0 Å². The van der Waals surface area contributed by atoms with Crippen LogP contribution in [0.5, 0.6) is 0 Å². The molecule has 0 bridgehead atoms. The lowest BCUT2D eigenvalue weighted by Crippen LogP contribution is -2.27. The molecule has 1 heterocycles. The number of carbonyl (C=O) groups excluding carboxylic acids is 1. The Hall–Kier alpha value is -0.870. The molecule has 4 heteroatoms. The zero-order valence-electron chi connectivity index (χ0n) is 6.99. The number of aliphatic hydroxyl groups excluding tert-OH is 1. The standard InChI is InChI=1S/C8H13NO3/c1-2-5-3-7(6(9)4-10)12-8(5)11/h3,5-6,10H,2,4,9H2,1H3/t5-,6+/m1/s1. The fourth-order valence-corrected chi connectivity index (χ4v) is 1.07. The fraction of sp³-hybridized carbons (Fsp3) is 0.625. The highest BCUT2D eigenvalue weighted by Gasteiger charge is 2.28. The van der Waals surface area contributed by atoms with Crippen LogP contribution in [0.4, 0.5) is 0 Å². The molecule has 0 aromatic heterocycles. The van der Waals surface area contributed by atoms with Crippen LogP contribution in [-0.2, 0) is 9.53 Å². The van der Waals surface area contributed by atoms with Crippen molar-refractivity contribution >= 4 is 5.97 Å². The van der Waals surface area contributed by atoms with Crippen molar-refractivity contribution in [3.63, 3.8) is 0 Å². The van der Waals surface area contributed by atoms with E-state index in [9.17, 15) is 4.79 Å². The molecule has 12 heavy (non-hydrogen) atoms. The number of carbonyl (C=O) groups is 1. The van der Waals surface area contributed by atoms with Crippen molar-refractivity contribution in [1.29, 1.82) is 0 Å². The lowest BCUT2D eigenvalue weighted by atomic mass is 10.1. The maximum atomic E-state index is 11.0. The van der Waals surface area contributed by atoms with E-state index in [1.54, 1.807) is 6.08 Å². The molecule has 0 amide bonds. The Labute approximate surface area is 71.0 Å². The van der Waals surface area contributed by atoms with Gasteiger partial charge in [0.05, 0.1) is 18.6 Å². The molecule has 4 nitrogen and oxygen atoms in total. The SMILES string of the molecule is CC[C@@H]1C=C([C@@H](N)CO)OC1=O. The van der Waals surface area contributed by atoms with E-state index in [4.69, 9.17) is 15.6 Å². The van der Waals surface area contributed by atoms with E-state index in [0.29, 0.717) is 12.2 Å². The normalized spacial score (nSPS) is 25.1. The number of rotatable bonds is 3. The van der Waals surface area contributed by atoms with Gasteiger partial charge in [0.1, 0.15) is 5.76 Å². The molecule has 0 saturated carbocycles. The van der Waals surface area contributed by atoms with Crippen LogP contribution >= 0.6 is 0 Å². The zero-order valence-corrected chi connectivity index (χ0v) is 6.99. The molecule has 68 valence electrons. The third-order valence-electron chi connectivity index (χ3n) is 1.89. The Kier molecular flexibility index (Phi) is 2.83. The average molecular weight is 171 g/mol. The van der Waals surface area contributed by atoms with Gasteiger partial charge in [0.2, 0.25) is 0 Å². The first-order valence-electron chi connectivity index (χ1n) is 3.98. The third kappa shape index (κ3) is 1.65. The summed E-state index contributed by atoms with van der Waals surface area (Å²) in [5, 5.41) is 8.68. The van der Waals surface area contributed by atoms with E-state index < -0.39 is 6.04 Å². The van der Waals surface area contributed by atoms with Crippen molar-refractivity contribution < 1.29 is 14.6 Å². The second kappa shape index (κ2) is 3.69. The highest BCUT2D eigenvalue weighted by molar-refractivity contribution is 5.78. The van der Waals surface area contributed by atoms with Gasteiger partial charge in [-0.05, 0) is 12.5 Å². The van der Waals surface area contributed by atoms with Gasteiger partial charge < -0.3 is 15.6 Å². The van der Waals surface area contributed by atoms with Crippen LogP contribution in [-0.4, -0.2) is 23.7 Å². The first kappa shape index (κ1) is 9.22. The Morgan fingerprint density at radius 2 is 2.50 bits per heavy atom. The number of hydrogen-bond donors (Lipinski definition) is 2. The van der Waals surface area contributed by atoms with Crippen LogP contribution in [0.2, 0.25) is 0 Å². The summed E-state index contributed by atoms with van der Waals surface area (Å²) in [6.45, 7) is 1.70. The number of ether oxygens (including phenoxy) is 1. The summed E-state index contributed by atoms with van der Waals surface area (Å²) in [7, 11) is 0. The van der Waals surface area contributed by atoms with Crippen molar-refractivity contribution in [2.75, 3.05) is 6.61 Å². The fourth-order valence-electron chi connectivity index (χ4n) is 1.07. The maximum Gasteiger partial charge on any atom is 0.318 e. The molecule has 1 rings (SSSR count). The first-order valence-corrected chi connectivity index (χ1v) is 3.98. The predicted molar refractivity (Wildman–Crippen MR) is 43.0 cm³/mol. The van der Waals surface area contributed by atoms with Crippen molar-refractivity contribution in [2.45, 2.75) is 19.4 Å². The van der Waals surface area contributed by atoms with E-state index in [1.165, 1.54) is 0 Å². The van der Waals surface area contributed by atoms with Gasteiger partial charge in [-0.15, -0.1) is 0 Å². The van der Waals surface area contributed by atoms with Gasteiger partial charge in [-0.3, -0.25) is 4.79 Å². The summed E-state index contributed by atoms with van der Waals surface area (Å²) in [4.78, 5) is 11.0. The van der Waals surface area contributed by atoms with Crippen molar-refractivity contribution in [3.05, 3.63) is 11.8 Å². The summed E-state index contributed by atoms with van der Waals surface area (Å²) in [6, 6.07) is -0.564. The van der Waals surface area contributed by atoms with E-state index in [-0.39, 0.29) is 18.5 Å². The summed E-state index contributed by atoms with van der Waals surface area (Å²) in [5.74, 6) is -0.0525. The zero-order chi connectivity index (χ0) is 9.14. The van der Waals surface area contributed by atoms with E-state index in [1.807, 2.05) is 6.92 Å². The Morgan fingerprint density at radius 1 is 1.83 bits per heavy atom. The molecule has 0 saturated heterocycles. The average Bonchev–Trinajstić information content (AvgIpc) is 2.45. The molecular weight excluding hydrogens is 158 g/mol. The molecular formula is C8H13NO3. The van der Waals surface area contributed by atoms with Crippen molar-refractivity contribution in [2.24, 2.45) is 11.7 Å². The minimum Gasteiger partial charge on any atom is -0.429 e. The molecule has 2 atom stereocenters. The highest BCUT2D eigenvalue weighted by atomic mass is 16.5. The molecule has 0 radical (unpaired) electrons. The number of aliphatic hydroxyl groups is 1. The van der Waals surface area contributed by atoms with Gasteiger partial charge in [0.25, 0.3) is 0 Å². The Bertz CT molecular complexity index is 212. The maximum absolute atomic E-state index is 11.0. The quantitative estimate of drug-likeness (QED) is 0.575. The number of hydrogen-bond acceptors (Lipinski definition) is 4. The van der Waals surface area contributed by atoms with Gasteiger partial charge in [-0.1, -0.05) is 6.92 Å². The Balaban J connectivity index is 2.64. The smallest absolute Gasteiger partial charge is 0.318 e. The van der Waals surface area contributed by atoms with Crippen LogP contribution in [0.1, 0.15) is 13.3 Å². The lowest BCUT2D eigenvalue weighted by Gasteiger charge is -2.07. The van der Waals surface area contributed by atoms with Crippen LogP contribution in [0.3, 0.4) is 0 Å². The third-order valence-corrected chi connectivity index (χ3v) is 1.89. The predicted octanol–water partition coefficient (Wildman–Crippen LogP) is -0.227. The largest absolute Gasteiger partial charge is 0.429 e. The van der Waals surface area contributed by atoms with Crippen molar-refractivity contribution in [3.8, 4) is 0 Å². The lowest BCUT2D eigenvalue weighted by molar-refractivity contribution is -0.140. The van der Waals surface area contributed by atoms with E-state index in [0.717, 1.165) is 0 Å². The van der Waals surface area contributed by atoms with Gasteiger partial charge in [0.15, 0.2) is 0 Å². The molecule has 3 N–H and O–H groups in total. The molecule has 0 aromatic rings. The van der Waals surface area contributed by atoms with Gasteiger partial charge in [-0.2, -0.15) is 0 Å². The molecule has 0 unspecified atom stereocenters. The van der Waals surface area contributed by atoms with Gasteiger partial charge in [0, 0.05) is 0 Å². The van der Waals surface area contributed by atoms with Crippen LogP contribution in [0.15, 0.2) is 11.8 Å². The number of esters is 1. The molecule has 0 fully saturated rings. The molecule has 0 aliphatic carbocycles. The van der Waals surface area contributed by atoms with Crippen LogP contribution in [0.25, 0.3) is 0 Å². The summed E-state index contributed by atoms with van der Waals surface area (Å²) >= 11 is 0. The van der Waals surface area contributed by atoms with Crippen LogP contribution < -0.4 is 5.73 Å². The van der Waals surface area contributed by atoms with Crippen molar-refractivity contribution in [1.82, 2.24) is 0 Å². The van der Waals surface area contributed by atoms with E-state index >= 15 is 0 Å². The summed E-state index contributed by atoms with van der Waals surface area (Å²) in [5.41, 5.74) is 5.46. The minimum atomic E-state index is -0.564.